The van der Waals surface area contributed by atoms with E-state index < -0.39 is 5.91 Å². The van der Waals surface area contributed by atoms with Gasteiger partial charge in [0.2, 0.25) is 0 Å². The predicted molar refractivity (Wildman–Crippen MR) is 124 cm³/mol. The Morgan fingerprint density at radius 1 is 1.10 bits per heavy atom. The van der Waals surface area contributed by atoms with E-state index in [1.165, 1.54) is 10.6 Å². The highest BCUT2D eigenvalue weighted by atomic mass is 35.5. The first kappa shape index (κ1) is 20.6. The van der Waals surface area contributed by atoms with Gasteiger partial charge in [0.05, 0.1) is 12.8 Å². The van der Waals surface area contributed by atoms with E-state index in [0.717, 1.165) is 27.7 Å². The van der Waals surface area contributed by atoms with Crippen molar-refractivity contribution in [3.8, 4) is 0 Å². The highest BCUT2D eigenvalue weighted by molar-refractivity contribution is 6.30. The minimum absolute atomic E-state index is 0.0308. The van der Waals surface area contributed by atoms with Gasteiger partial charge in [0.25, 0.3) is 11.5 Å². The van der Waals surface area contributed by atoms with Crippen LogP contribution in [0.5, 0.6) is 0 Å². The smallest absolute Gasteiger partial charge is 0.276 e. The molecule has 4 aromatic rings. The monoisotopic (exact) mass is 432 g/mol. The van der Waals surface area contributed by atoms with Gasteiger partial charge in [0.1, 0.15) is 5.56 Å². The number of hydrazone groups is 1. The van der Waals surface area contributed by atoms with E-state index in [4.69, 9.17) is 11.6 Å². The molecule has 0 atom stereocenters. The van der Waals surface area contributed by atoms with Crippen molar-refractivity contribution in [1.29, 1.82) is 0 Å². The molecule has 2 aromatic heterocycles. The normalized spacial score (nSPS) is 11.3. The Bertz CT molecular complexity index is 1350. The third-order valence-corrected chi connectivity index (χ3v) is 5.59. The van der Waals surface area contributed by atoms with E-state index in [1.807, 2.05) is 50.4 Å². The first-order valence-electron chi connectivity index (χ1n) is 9.77. The average molecular weight is 433 g/mol. The summed E-state index contributed by atoms with van der Waals surface area (Å²) in [6.07, 6.45) is 3.27. The van der Waals surface area contributed by atoms with Crippen molar-refractivity contribution in [2.24, 2.45) is 12.1 Å². The fraction of sp³-hybridized carbons (Fsp3) is 0.125. The Morgan fingerprint density at radius 3 is 2.61 bits per heavy atom. The van der Waals surface area contributed by atoms with Crippen LogP contribution >= 0.6 is 11.6 Å². The molecule has 0 aliphatic heterocycles. The second-order valence-corrected chi connectivity index (χ2v) is 7.69. The average Bonchev–Trinajstić information content (AvgIpc) is 3.01. The lowest BCUT2D eigenvalue weighted by molar-refractivity contribution is 0.0953. The van der Waals surface area contributed by atoms with Crippen LogP contribution in [0.4, 0.5) is 0 Å². The summed E-state index contributed by atoms with van der Waals surface area (Å²) in [6, 6.07) is 18.4. The lowest BCUT2D eigenvalue weighted by atomic mass is 10.1. The summed E-state index contributed by atoms with van der Waals surface area (Å²) in [7, 11) is 1.99. The largest absolute Gasteiger partial charge is 0.347 e. The molecule has 0 saturated heterocycles. The highest BCUT2D eigenvalue weighted by Gasteiger charge is 2.13. The maximum absolute atomic E-state index is 12.8. The van der Waals surface area contributed by atoms with Gasteiger partial charge in [-0.3, -0.25) is 9.59 Å². The number of amides is 1. The number of hydrogen-bond acceptors (Lipinski definition) is 3. The van der Waals surface area contributed by atoms with Crippen LogP contribution in [0.15, 0.2) is 76.8 Å². The first-order chi connectivity index (χ1) is 15.0. The molecule has 4 rings (SSSR count). The van der Waals surface area contributed by atoms with Gasteiger partial charge in [-0.2, -0.15) is 5.10 Å². The molecule has 2 heterocycles. The standard InChI is InChI=1S/C24H21ClN4O2/c1-16-21(19-6-3-4-8-22(19)28(16)2)14-26-27-23(30)20-7-5-13-29(24(20)31)15-17-9-11-18(25)12-10-17/h3-14H,15H2,1-2H3,(H,27,30)/b26-14-. The molecule has 0 bridgehead atoms. The van der Waals surface area contributed by atoms with Crippen molar-refractivity contribution in [2.75, 3.05) is 0 Å². The zero-order valence-electron chi connectivity index (χ0n) is 17.2. The minimum atomic E-state index is -0.551. The maximum atomic E-state index is 12.8. The zero-order valence-corrected chi connectivity index (χ0v) is 17.9. The molecule has 7 heteroatoms. The van der Waals surface area contributed by atoms with E-state index in [9.17, 15) is 9.59 Å². The van der Waals surface area contributed by atoms with Crippen molar-refractivity contribution < 1.29 is 4.79 Å². The summed E-state index contributed by atoms with van der Waals surface area (Å²) >= 11 is 5.91. The quantitative estimate of drug-likeness (QED) is 0.381. The number of nitrogens with one attached hydrogen (secondary N) is 1. The highest BCUT2D eigenvalue weighted by Crippen LogP contribution is 2.23. The molecule has 6 nitrogen and oxygen atoms in total. The molecule has 1 N–H and O–H groups in total. The second-order valence-electron chi connectivity index (χ2n) is 7.26. The number of nitrogens with zero attached hydrogens (tertiary/aromatic N) is 3. The summed E-state index contributed by atoms with van der Waals surface area (Å²) < 4.78 is 3.56. The van der Waals surface area contributed by atoms with Crippen molar-refractivity contribution in [1.82, 2.24) is 14.6 Å². The predicted octanol–water partition coefficient (Wildman–Crippen LogP) is 4.11. The molecule has 0 fully saturated rings. The van der Waals surface area contributed by atoms with Gasteiger partial charge in [-0.1, -0.05) is 41.9 Å². The van der Waals surface area contributed by atoms with Gasteiger partial charge in [0, 0.05) is 40.4 Å². The lowest BCUT2D eigenvalue weighted by Gasteiger charge is -2.08. The number of hydrogen-bond donors (Lipinski definition) is 1. The molecule has 156 valence electrons. The Morgan fingerprint density at radius 2 is 1.84 bits per heavy atom. The van der Waals surface area contributed by atoms with Gasteiger partial charge in [-0.05, 0) is 42.8 Å². The van der Waals surface area contributed by atoms with Gasteiger partial charge in [0.15, 0.2) is 0 Å². The van der Waals surface area contributed by atoms with Gasteiger partial charge >= 0.3 is 0 Å². The maximum Gasteiger partial charge on any atom is 0.276 e. The van der Waals surface area contributed by atoms with Crippen LogP contribution < -0.4 is 11.0 Å². The van der Waals surface area contributed by atoms with Gasteiger partial charge < -0.3 is 9.13 Å². The summed E-state index contributed by atoms with van der Waals surface area (Å²) in [5.41, 5.74) is 6.08. The summed E-state index contributed by atoms with van der Waals surface area (Å²) in [6.45, 7) is 2.34. The number of fused-ring (bicyclic) bond motifs is 1. The number of aryl methyl sites for hydroxylation is 1. The second kappa shape index (κ2) is 8.62. The molecule has 31 heavy (non-hydrogen) atoms. The number of halogens is 1. The van der Waals surface area contributed by atoms with Crippen LogP contribution in [0.2, 0.25) is 5.02 Å². The summed E-state index contributed by atoms with van der Waals surface area (Å²) in [4.78, 5) is 25.4. The van der Waals surface area contributed by atoms with E-state index in [-0.39, 0.29) is 11.1 Å². The number of para-hydroxylation sites is 1. The van der Waals surface area contributed by atoms with Gasteiger partial charge in [-0.15, -0.1) is 0 Å². The third kappa shape index (κ3) is 4.15. The Kier molecular flexibility index (Phi) is 5.73. The fourth-order valence-electron chi connectivity index (χ4n) is 3.55. The summed E-state index contributed by atoms with van der Waals surface area (Å²) in [5.74, 6) is -0.551. The molecule has 0 saturated carbocycles. The third-order valence-electron chi connectivity index (χ3n) is 5.34. The number of aromatic nitrogens is 2. The Hall–Kier alpha value is -3.64. The van der Waals surface area contributed by atoms with Crippen molar-refractivity contribution in [3.63, 3.8) is 0 Å². The van der Waals surface area contributed by atoms with Crippen molar-refractivity contribution in [2.45, 2.75) is 13.5 Å². The minimum Gasteiger partial charge on any atom is -0.347 e. The van der Waals surface area contributed by atoms with Crippen LogP contribution in [0.3, 0.4) is 0 Å². The van der Waals surface area contributed by atoms with E-state index in [2.05, 4.69) is 15.1 Å². The first-order valence-corrected chi connectivity index (χ1v) is 10.1. The molecule has 0 aliphatic carbocycles. The SMILES string of the molecule is Cc1c(/C=N\NC(=O)c2cccn(Cc3ccc(Cl)cc3)c2=O)c2ccccc2n1C. The molecule has 1 amide bonds. The van der Waals surface area contributed by atoms with Crippen molar-refractivity contribution in [3.05, 3.63) is 105 Å². The number of benzene rings is 2. The number of carbonyl (C=O) groups excluding carboxylic acids is 1. The van der Waals surface area contributed by atoms with Crippen molar-refractivity contribution >= 4 is 34.6 Å². The van der Waals surface area contributed by atoms with E-state index in [0.29, 0.717) is 11.6 Å². The summed E-state index contributed by atoms with van der Waals surface area (Å²) in [5, 5.41) is 5.78. The van der Waals surface area contributed by atoms with Crippen LogP contribution in [0.25, 0.3) is 10.9 Å². The molecular formula is C24H21ClN4O2. The lowest BCUT2D eigenvalue weighted by Crippen LogP contribution is -2.30. The topological polar surface area (TPSA) is 68.4 Å². The van der Waals surface area contributed by atoms with Crippen LogP contribution in [-0.2, 0) is 13.6 Å². The van der Waals surface area contributed by atoms with Gasteiger partial charge in [-0.25, -0.2) is 5.43 Å². The Balaban J connectivity index is 1.54. The fourth-order valence-corrected chi connectivity index (χ4v) is 3.68. The zero-order chi connectivity index (χ0) is 22.0. The van der Waals surface area contributed by atoms with E-state index in [1.54, 1.807) is 30.6 Å². The molecule has 2 aromatic carbocycles. The van der Waals surface area contributed by atoms with Crippen LogP contribution in [0, 0.1) is 6.92 Å². The van der Waals surface area contributed by atoms with E-state index >= 15 is 0 Å². The number of rotatable bonds is 5. The molecule has 0 spiro atoms. The molecular weight excluding hydrogens is 412 g/mol. The molecule has 0 radical (unpaired) electrons. The molecule has 0 unspecified atom stereocenters. The molecule has 0 aliphatic rings. The van der Waals surface area contributed by atoms with Crippen LogP contribution in [0.1, 0.15) is 27.2 Å². The Labute approximate surface area is 184 Å². The number of carbonyl (C=O) groups is 1. The number of pyridine rings is 1. The van der Waals surface area contributed by atoms with Crippen LogP contribution in [-0.4, -0.2) is 21.3 Å².